The standard InChI is InChI=1S/C53H35N3/c1-5-15-36(16-6-1)41-23-13-25-44(31-41)51-35-50(40-21-11-4-12-22-40)55-53(56-51)45-26-14-24-42(32-45)43-28-27-38-29-30-48-52(46(38)33-43)47(37-17-7-2-8-18-37)34-49(54-48)39-19-9-3-10-20-39/h1-35H. The molecular formula is C53H35N3. The van der Waals surface area contributed by atoms with Gasteiger partial charge in [0.1, 0.15) is 0 Å². The molecule has 10 aromatic rings. The highest BCUT2D eigenvalue weighted by molar-refractivity contribution is 6.14. The molecule has 262 valence electrons. The highest BCUT2D eigenvalue weighted by Crippen LogP contribution is 2.39. The zero-order valence-electron chi connectivity index (χ0n) is 30.5. The van der Waals surface area contributed by atoms with Crippen LogP contribution < -0.4 is 0 Å². The van der Waals surface area contributed by atoms with Crippen molar-refractivity contribution in [1.82, 2.24) is 15.0 Å². The maximum atomic E-state index is 5.22. The van der Waals surface area contributed by atoms with Crippen molar-refractivity contribution < 1.29 is 0 Å². The molecule has 2 aromatic heterocycles. The maximum Gasteiger partial charge on any atom is 0.160 e. The third kappa shape index (κ3) is 6.42. The van der Waals surface area contributed by atoms with Crippen LogP contribution in [0, 0.1) is 0 Å². The van der Waals surface area contributed by atoms with Crippen LogP contribution in [0.25, 0.3) is 100 Å². The Kier molecular flexibility index (Phi) is 8.51. The normalized spacial score (nSPS) is 11.2. The molecule has 3 heteroatoms. The van der Waals surface area contributed by atoms with Crippen molar-refractivity contribution in [3.05, 3.63) is 212 Å². The van der Waals surface area contributed by atoms with Crippen molar-refractivity contribution in [2.45, 2.75) is 0 Å². The molecular weight excluding hydrogens is 679 g/mol. The molecule has 0 saturated carbocycles. The third-order valence-corrected chi connectivity index (χ3v) is 10.5. The number of fused-ring (bicyclic) bond motifs is 3. The predicted octanol–water partition coefficient (Wildman–Crippen LogP) is 13.8. The number of pyridine rings is 1. The zero-order chi connectivity index (χ0) is 37.3. The van der Waals surface area contributed by atoms with Crippen LogP contribution in [-0.4, -0.2) is 15.0 Å². The van der Waals surface area contributed by atoms with Gasteiger partial charge in [0.15, 0.2) is 5.82 Å². The van der Waals surface area contributed by atoms with Crippen molar-refractivity contribution in [2.24, 2.45) is 0 Å². The van der Waals surface area contributed by atoms with E-state index in [1.54, 1.807) is 0 Å². The molecule has 0 saturated heterocycles. The molecule has 0 aliphatic rings. The molecule has 2 heterocycles. The molecule has 0 amide bonds. The summed E-state index contributed by atoms with van der Waals surface area (Å²) >= 11 is 0. The molecule has 0 atom stereocenters. The Morgan fingerprint density at radius 1 is 0.268 bits per heavy atom. The number of hydrogen-bond donors (Lipinski definition) is 0. The van der Waals surface area contributed by atoms with E-state index in [0.717, 1.165) is 72.5 Å². The van der Waals surface area contributed by atoms with E-state index in [4.69, 9.17) is 15.0 Å². The van der Waals surface area contributed by atoms with Crippen molar-refractivity contribution in [2.75, 3.05) is 0 Å². The molecule has 0 unspecified atom stereocenters. The average molecular weight is 714 g/mol. The molecule has 0 radical (unpaired) electrons. The molecule has 0 fully saturated rings. The summed E-state index contributed by atoms with van der Waals surface area (Å²) in [6.45, 7) is 0. The van der Waals surface area contributed by atoms with E-state index in [1.165, 1.54) is 21.9 Å². The molecule has 0 N–H and O–H groups in total. The third-order valence-electron chi connectivity index (χ3n) is 10.5. The summed E-state index contributed by atoms with van der Waals surface area (Å²) in [5.74, 6) is 0.684. The van der Waals surface area contributed by atoms with Crippen LogP contribution in [0.1, 0.15) is 0 Å². The highest BCUT2D eigenvalue weighted by atomic mass is 14.9. The summed E-state index contributed by atoms with van der Waals surface area (Å²) in [5, 5.41) is 3.48. The number of aromatic nitrogens is 3. The van der Waals surface area contributed by atoms with Crippen LogP contribution in [-0.2, 0) is 0 Å². The second kappa shape index (κ2) is 14.4. The Balaban J connectivity index is 1.11. The number of hydrogen-bond acceptors (Lipinski definition) is 3. The lowest BCUT2D eigenvalue weighted by Crippen LogP contribution is -1.96. The fraction of sp³-hybridized carbons (Fsp3) is 0. The smallest absolute Gasteiger partial charge is 0.160 e. The minimum atomic E-state index is 0.684. The number of benzene rings is 8. The first kappa shape index (κ1) is 33.1. The van der Waals surface area contributed by atoms with Crippen LogP contribution in [0.2, 0.25) is 0 Å². The molecule has 3 nitrogen and oxygen atoms in total. The summed E-state index contributed by atoms with van der Waals surface area (Å²) in [6.07, 6.45) is 0. The second-order valence-corrected chi connectivity index (χ2v) is 14.0. The van der Waals surface area contributed by atoms with Crippen molar-refractivity contribution >= 4 is 21.7 Å². The van der Waals surface area contributed by atoms with Gasteiger partial charge in [-0.15, -0.1) is 0 Å². The fourth-order valence-corrected chi connectivity index (χ4v) is 7.64. The van der Waals surface area contributed by atoms with Crippen molar-refractivity contribution in [1.29, 1.82) is 0 Å². The number of nitrogens with zero attached hydrogens (tertiary/aromatic N) is 3. The zero-order valence-corrected chi connectivity index (χ0v) is 30.5. The monoisotopic (exact) mass is 713 g/mol. The first-order valence-electron chi connectivity index (χ1n) is 18.9. The van der Waals surface area contributed by atoms with Gasteiger partial charge < -0.3 is 0 Å². The largest absolute Gasteiger partial charge is 0.248 e. The van der Waals surface area contributed by atoms with E-state index in [-0.39, 0.29) is 0 Å². The minimum Gasteiger partial charge on any atom is -0.248 e. The van der Waals surface area contributed by atoms with E-state index in [0.29, 0.717) is 5.82 Å². The maximum absolute atomic E-state index is 5.22. The van der Waals surface area contributed by atoms with Crippen molar-refractivity contribution in [3.8, 4) is 78.5 Å². The van der Waals surface area contributed by atoms with Gasteiger partial charge in [0.2, 0.25) is 0 Å². The number of rotatable bonds is 7. The Labute approximate surface area is 326 Å². The molecule has 0 bridgehead atoms. The lowest BCUT2D eigenvalue weighted by molar-refractivity contribution is 1.18. The molecule has 10 rings (SSSR count). The molecule has 0 aliphatic heterocycles. The van der Waals surface area contributed by atoms with Gasteiger partial charge in [0.25, 0.3) is 0 Å². The van der Waals surface area contributed by atoms with E-state index in [9.17, 15) is 0 Å². The van der Waals surface area contributed by atoms with Gasteiger partial charge in [-0.1, -0.05) is 176 Å². The van der Waals surface area contributed by atoms with Crippen LogP contribution in [0.3, 0.4) is 0 Å². The molecule has 8 aromatic carbocycles. The van der Waals surface area contributed by atoms with Crippen molar-refractivity contribution in [3.63, 3.8) is 0 Å². The lowest BCUT2D eigenvalue weighted by Gasteiger charge is -2.14. The van der Waals surface area contributed by atoms with Gasteiger partial charge in [-0.3, -0.25) is 0 Å². The van der Waals surface area contributed by atoms with Gasteiger partial charge in [-0.25, -0.2) is 15.0 Å². The van der Waals surface area contributed by atoms with Crippen LogP contribution in [0.4, 0.5) is 0 Å². The van der Waals surface area contributed by atoms with E-state index < -0.39 is 0 Å². The first-order chi connectivity index (χ1) is 27.7. The predicted molar refractivity (Wildman–Crippen MR) is 233 cm³/mol. The van der Waals surface area contributed by atoms with Crippen LogP contribution >= 0.6 is 0 Å². The Bertz CT molecular complexity index is 3000. The van der Waals surface area contributed by atoms with E-state index >= 15 is 0 Å². The Morgan fingerprint density at radius 2 is 0.732 bits per heavy atom. The first-order valence-corrected chi connectivity index (χ1v) is 18.9. The highest BCUT2D eigenvalue weighted by Gasteiger charge is 2.16. The summed E-state index contributed by atoms with van der Waals surface area (Å²) in [4.78, 5) is 15.6. The molecule has 0 aliphatic carbocycles. The van der Waals surface area contributed by atoms with Crippen LogP contribution in [0.5, 0.6) is 0 Å². The molecule has 0 spiro atoms. The summed E-state index contributed by atoms with van der Waals surface area (Å²) in [5.41, 5.74) is 14.7. The van der Waals surface area contributed by atoms with Gasteiger partial charge >= 0.3 is 0 Å². The average Bonchev–Trinajstić information content (AvgIpc) is 3.29. The Hall–Kier alpha value is -7.49. The van der Waals surface area contributed by atoms with Gasteiger partial charge in [0.05, 0.1) is 22.6 Å². The van der Waals surface area contributed by atoms with E-state index in [1.807, 2.05) is 18.2 Å². The Morgan fingerprint density at radius 3 is 1.39 bits per heavy atom. The quantitative estimate of drug-likeness (QED) is 0.154. The van der Waals surface area contributed by atoms with Gasteiger partial charge in [0, 0.05) is 27.6 Å². The summed E-state index contributed by atoms with van der Waals surface area (Å²) in [7, 11) is 0. The SMILES string of the molecule is c1ccc(-c2cccc(-c3cc(-c4ccccc4)nc(-c4cccc(-c5ccc6ccc7nc(-c8ccccc8)cc(-c8ccccc8)c7c6c5)c4)n3)c2)cc1. The van der Waals surface area contributed by atoms with Gasteiger partial charge in [-0.2, -0.15) is 0 Å². The lowest BCUT2D eigenvalue weighted by atomic mass is 9.92. The fourth-order valence-electron chi connectivity index (χ4n) is 7.64. The minimum absolute atomic E-state index is 0.684. The summed E-state index contributed by atoms with van der Waals surface area (Å²) < 4.78 is 0. The summed E-state index contributed by atoms with van der Waals surface area (Å²) in [6, 6.07) is 74.5. The molecule has 56 heavy (non-hydrogen) atoms. The second-order valence-electron chi connectivity index (χ2n) is 14.0. The topological polar surface area (TPSA) is 38.7 Å². The van der Waals surface area contributed by atoms with Gasteiger partial charge in [-0.05, 0) is 80.6 Å². The van der Waals surface area contributed by atoms with Crippen LogP contribution in [0.15, 0.2) is 212 Å². The van der Waals surface area contributed by atoms with E-state index in [2.05, 4.69) is 194 Å².